The largest absolute Gasteiger partial charge is 0.444 e. The molecule has 0 aliphatic rings. The number of nitrogens with one attached hydrogen (secondary N) is 1. The smallest absolute Gasteiger partial charge is 0.433 e. The molecule has 1 amide bonds. The van der Waals surface area contributed by atoms with Crippen LogP contribution in [-0.2, 0) is 14.3 Å². The molecule has 30 heavy (non-hydrogen) atoms. The van der Waals surface area contributed by atoms with Gasteiger partial charge in [-0.1, -0.05) is 30.3 Å². The molecule has 0 spiro atoms. The number of nitrogens with zero attached hydrogens (tertiary/aromatic N) is 1. The lowest BCUT2D eigenvalue weighted by Crippen LogP contribution is -2.25. The molecule has 0 fully saturated rings. The lowest BCUT2D eigenvalue weighted by Gasteiger charge is -2.17. The predicted molar refractivity (Wildman–Crippen MR) is 105 cm³/mol. The molecule has 1 N–H and O–H groups in total. The minimum Gasteiger partial charge on any atom is -0.444 e. The van der Waals surface area contributed by atoms with Crippen molar-refractivity contribution < 1.29 is 28.1 Å². The number of anilines is 1. The Morgan fingerprint density at radius 3 is 2.40 bits per heavy atom. The Balaban J connectivity index is 1.74. The summed E-state index contributed by atoms with van der Waals surface area (Å²) in [5.41, 5.74) is 0.754. The number of amides is 1. The summed E-state index contributed by atoms with van der Waals surface area (Å²) in [4.78, 5) is 34.8. The van der Waals surface area contributed by atoms with Crippen molar-refractivity contribution in [1.29, 1.82) is 0 Å². The maximum atomic E-state index is 13.1. The average Bonchev–Trinajstić information content (AvgIpc) is 3.22. The lowest BCUT2D eigenvalue weighted by molar-refractivity contribution is -0.402. The fraction of sp³-hybridized carbons (Fsp3) is 0.0476. The number of halogens is 1. The Bertz CT molecular complexity index is 1080. The first-order valence-corrected chi connectivity index (χ1v) is 8.66. The summed E-state index contributed by atoms with van der Waals surface area (Å²) in [6.45, 7) is 0. The summed E-state index contributed by atoms with van der Waals surface area (Å²) in [5, 5.41) is 13.2. The van der Waals surface area contributed by atoms with E-state index in [2.05, 4.69) is 5.32 Å². The fourth-order valence-electron chi connectivity index (χ4n) is 2.48. The van der Waals surface area contributed by atoms with Gasteiger partial charge in [0.15, 0.2) is 0 Å². The summed E-state index contributed by atoms with van der Waals surface area (Å²) < 4.78 is 23.3. The maximum Gasteiger partial charge on any atom is 0.433 e. The SMILES string of the molecule is O=C(/C=C/c1ccc([N+](=O)[O-])o1)O[C@H](C(=O)Nc1ccc(F)cc1)c1ccccc1. The molecule has 0 aliphatic carbocycles. The number of nitro groups is 1. The molecule has 0 saturated heterocycles. The molecule has 3 aromatic rings. The quantitative estimate of drug-likeness (QED) is 0.270. The Kier molecular flexibility index (Phi) is 6.33. The Labute approximate surface area is 169 Å². The van der Waals surface area contributed by atoms with Gasteiger partial charge in [0, 0.05) is 17.3 Å². The third-order valence-corrected chi connectivity index (χ3v) is 3.86. The molecule has 8 nitrogen and oxygen atoms in total. The molecule has 3 rings (SSSR count). The average molecular weight is 410 g/mol. The fourth-order valence-corrected chi connectivity index (χ4v) is 2.48. The van der Waals surface area contributed by atoms with E-state index in [9.17, 15) is 24.1 Å². The normalized spacial score (nSPS) is 11.8. The van der Waals surface area contributed by atoms with Crippen molar-refractivity contribution in [2.45, 2.75) is 6.10 Å². The monoisotopic (exact) mass is 410 g/mol. The minimum atomic E-state index is -1.28. The molecular formula is C21H15FN2O6. The number of benzene rings is 2. The first kappa shape index (κ1) is 20.5. The third-order valence-electron chi connectivity index (χ3n) is 3.86. The van der Waals surface area contributed by atoms with Crippen molar-refractivity contribution >= 4 is 29.5 Å². The zero-order valence-electron chi connectivity index (χ0n) is 15.4. The van der Waals surface area contributed by atoms with Crippen LogP contribution >= 0.6 is 0 Å². The van der Waals surface area contributed by atoms with Gasteiger partial charge < -0.3 is 14.5 Å². The molecule has 0 aliphatic heterocycles. The zero-order chi connectivity index (χ0) is 21.5. The van der Waals surface area contributed by atoms with Gasteiger partial charge in [0.1, 0.15) is 16.5 Å². The van der Waals surface area contributed by atoms with Crippen LogP contribution in [0.4, 0.5) is 16.0 Å². The van der Waals surface area contributed by atoms with E-state index in [4.69, 9.17) is 9.15 Å². The van der Waals surface area contributed by atoms with Crippen LogP contribution in [0.2, 0.25) is 0 Å². The Morgan fingerprint density at radius 1 is 1.07 bits per heavy atom. The van der Waals surface area contributed by atoms with Gasteiger partial charge in [0.25, 0.3) is 5.91 Å². The van der Waals surface area contributed by atoms with Gasteiger partial charge >= 0.3 is 11.9 Å². The topological polar surface area (TPSA) is 112 Å². The van der Waals surface area contributed by atoms with E-state index >= 15 is 0 Å². The van der Waals surface area contributed by atoms with E-state index in [1.165, 1.54) is 36.4 Å². The summed E-state index contributed by atoms with van der Waals surface area (Å²) >= 11 is 0. The number of furan rings is 1. The van der Waals surface area contributed by atoms with E-state index in [1.54, 1.807) is 30.3 Å². The molecule has 9 heteroatoms. The van der Waals surface area contributed by atoms with Crippen molar-refractivity contribution in [2.24, 2.45) is 0 Å². The van der Waals surface area contributed by atoms with E-state index in [0.717, 1.165) is 12.1 Å². The number of rotatable bonds is 7. The molecular weight excluding hydrogens is 395 g/mol. The van der Waals surface area contributed by atoms with Crippen molar-refractivity contribution in [2.75, 3.05) is 5.32 Å². The number of hydrogen-bond donors (Lipinski definition) is 1. The highest BCUT2D eigenvalue weighted by atomic mass is 19.1. The zero-order valence-corrected chi connectivity index (χ0v) is 15.4. The second kappa shape index (κ2) is 9.28. The third kappa shape index (κ3) is 5.38. The van der Waals surface area contributed by atoms with Crippen LogP contribution in [0, 0.1) is 15.9 Å². The van der Waals surface area contributed by atoms with Gasteiger partial charge in [0.2, 0.25) is 6.10 Å². The molecule has 1 heterocycles. The van der Waals surface area contributed by atoms with Gasteiger partial charge in [0.05, 0.1) is 6.07 Å². The van der Waals surface area contributed by atoms with Crippen LogP contribution in [0.25, 0.3) is 6.08 Å². The number of esters is 1. The van der Waals surface area contributed by atoms with Crippen molar-refractivity contribution in [3.8, 4) is 0 Å². The van der Waals surface area contributed by atoms with Crippen LogP contribution in [0.1, 0.15) is 17.4 Å². The Morgan fingerprint density at radius 2 is 1.77 bits per heavy atom. The highest BCUT2D eigenvalue weighted by molar-refractivity contribution is 5.97. The van der Waals surface area contributed by atoms with Crippen molar-refractivity contribution in [1.82, 2.24) is 0 Å². The van der Waals surface area contributed by atoms with Gasteiger partial charge in [-0.3, -0.25) is 14.9 Å². The highest BCUT2D eigenvalue weighted by Gasteiger charge is 2.24. The summed E-state index contributed by atoms with van der Waals surface area (Å²) in [5.74, 6) is -2.35. The van der Waals surface area contributed by atoms with Gasteiger partial charge in [-0.15, -0.1) is 0 Å². The van der Waals surface area contributed by atoms with Crippen LogP contribution in [0.15, 0.2) is 77.2 Å². The van der Waals surface area contributed by atoms with E-state index in [-0.39, 0.29) is 5.76 Å². The molecule has 1 atom stereocenters. The molecule has 152 valence electrons. The van der Waals surface area contributed by atoms with Gasteiger partial charge in [-0.2, -0.15) is 0 Å². The van der Waals surface area contributed by atoms with Crippen LogP contribution < -0.4 is 5.32 Å². The highest BCUT2D eigenvalue weighted by Crippen LogP contribution is 2.21. The number of carbonyl (C=O) groups excluding carboxylic acids is 2. The van der Waals surface area contributed by atoms with Crippen LogP contribution in [-0.4, -0.2) is 16.8 Å². The van der Waals surface area contributed by atoms with Gasteiger partial charge in [-0.25, -0.2) is 9.18 Å². The Hall–Kier alpha value is -4.27. The van der Waals surface area contributed by atoms with E-state index in [0.29, 0.717) is 11.3 Å². The van der Waals surface area contributed by atoms with Gasteiger partial charge in [-0.05, 0) is 36.4 Å². The molecule has 1 aromatic heterocycles. The first-order valence-electron chi connectivity index (χ1n) is 8.66. The van der Waals surface area contributed by atoms with Crippen molar-refractivity contribution in [3.05, 3.63) is 100 Å². The van der Waals surface area contributed by atoms with Crippen LogP contribution in [0.3, 0.4) is 0 Å². The summed E-state index contributed by atoms with van der Waals surface area (Å²) in [6, 6.07) is 15.9. The summed E-state index contributed by atoms with van der Waals surface area (Å²) in [6.07, 6.45) is 0.901. The number of ether oxygens (including phenoxy) is 1. The van der Waals surface area contributed by atoms with E-state index < -0.39 is 34.6 Å². The van der Waals surface area contributed by atoms with Crippen LogP contribution in [0.5, 0.6) is 0 Å². The standard InChI is InChI=1S/C21H15FN2O6/c22-15-6-8-16(9-7-15)23-21(26)20(14-4-2-1-3-5-14)30-19(25)13-11-17-10-12-18(29-17)24(27)28/h1-13,20H,(H,23,26)/b13-11+/t20-/m0/s1. The number of carbonyl (C=O) groups is 2. The maximum absolute atomic E-state index is 13.1. The number of hydrogen-bond acceptors (Lipinski definition) is 6. The molecule has 2 aromatic carbocycles. The minimum absolute atomic E-state index is 0.0747. The molecule has 0 unspecified atom stereocenters. The predicted octanol–water partition coefficient (Wildman–Crippen LogP) is 4.26. The molecule has 0 radical (unpaired) electrons. The second-order valence-electron chi connectivity index (χ2n) is 5.99. The molecule has 0 saturated carbocycles. The summed E-state index contributed by atoms with van der Waals surface area (Å²) in [7, 11) is 0. The second-order valence-corrected chi connectivity index (χ2v) is 5.99. The van der Waals surface area contributed by atoms with E-state index in [1.807, 2.05) is 0 Å². The lowest BCUT2D eigenvalue weighted by atomic mass is 10.1. The van der Waals surface area contributed by atoms with Crippen molar-refractivity contribution in [3.63, 3.8) is 0 Å². The first-order chi connectivity index (χ1) is 14.4. The molecule has 0 bridgehead atoms.